The molecule has 2 N–H and O–H groups in total. The fourth-order valence-electron chi connectivity index (χ4n) is 1.63. The Bertz CT molecular complexity index is 768. The van der Waals surface area contributed by atoms with Gasteiger partial charge in [0.2, 0.25) is 0 Å². The number of hydrogen-bond acceptors (Lipinski definition) is 3. The third kappa shape index (κ3) is 4.35. The van der Waals surface area contributed by atoms with E-state index in [1.165, 1.54) is 6.20 Å². The minimum absolute atomic E-state index is 0.0557. The van der Waals surface area contributed by atoms with Gasteiger partial charge >= 0.3 is 0 Å². The first-order valence-electron chi connectivity index (χ1n) is 6.28. The molecule has 110 valence electrons. The van der Waals surface area contributed by atoms with Gasteiger partial charge in [-0.3, -0.25) is 4.79 Å². The molecule has 0 atom stereocenters. The fourth-order valence-corrected chi connectivity index (χ4v) is 2.22. The summed E-state index contributed by atoms with van der Waals surface area (Å²) in [4.78, 5) is 12.1. The number of halogens is 2. The van der Waals surface area contributed by atoms with Crippen molar-refractivity contribution in [1.29, 1.82) is 5.26 Å². The lowest BCUT2D eigenvalue weighted by atomic mass is 10.2. The average molecular weight is 377 g/mol. The smallest absolute Gasteiger partial charge is 0.267 e. The molecule has 0 unspecified atom stereocenters. The molecule has 0 aliphatic carbocycles. The maximum absolute atomic E-state index is 12.1. The lowest BCUT2D eigenvalue weighted by molar-refractivity contribution is -0.112. The second-order valence-corrected chi connectivity index (χ2v) is 5.58. The van der Waals surface area contributed by atoms with Gasteiger partial charge in [-0.2, -0.15) is 5.26 Å². The number of para-hydroxylation sites is 1. The van der Waals surface area contributed by atoms with Gasteiger partial charge in [0.05, 0.1) is 10.7 Å². The van der Waals surface area contributed by atoms with Gasteiger partial charge in [0.15, 0.2) is 0 Å². The summed E-state index contributed by atoms with van der Waals surface area (Å²) in [6, 6.07) is 16.1. The number of amides is 1. The van der Waals surface area contributed by atoms with Crippen molar-refractivity contribution < 1.29 is 4.79 Å². The lowest BCUT2D eigenvalue weighted by Gasteiger charge is -2.06. The first kappa shape index (κ1) is 16.1. The van der Waals surface area contributed by atoms with Gasteiger partial charge in [0.25, 0.3) is 5.91 Å². The fraction of sp³-hybridized carbons (Fsp3) is 0. The molecule has 2 rings (SSSR count). The zero-order valence-electron chi connectivity index (χ0n) is 11.3. The Morgan fingerprint density at radius 2 is 2.00 bits per heavy atom. The van der Waals surface area contributed by atoms with Gasteiger partial charge in [-0.25, -0.2) is 0 Å². The van der Waals surface area contributed by atoms with E-state index in [-0.39, 0.29) is 5.57 Å². The van der Waals surface area contributed by atoms with Crippen molar-refractivity contribution in [3.63, 3.8) is 0 Å². The van der Waals surface area contributed by atoms with Gasteiger partial charge < -0.3 is 10.6 Å². The second kappa shape index (κ2) is 7.64. The molecule has 0 aromatic heterocycles. The summed E-state index contributed by atoms with van der Waals surface area (Å²) in [5.74, 6) is -0.530. The minimum atomic E-state index is -0.530. The summed E-state index contributed by atoms with van der Waals surface area (Å²) >= 11 is 9.32. The number of anilines is 2. The monoisotopic (exact) mass is 375 g/mol. The second-order valence-electron chi connectivity index (χ2n) is 4.26. The van der Waals surface area contributed by atoms with Crippen LogP contribution in [0.4, 0.5) is 11.4 Å². The Hall–Kier alpha value is -2.29. The highest BCUT2D eigenvalue weighted by atomic mass is 79.9. The SMILES string of the molecule is N#C/C(=C/Nc1cccc(Br)c1)C(=O)Nc1ccccc1Cl. The molecule has 2 aromatic carbocycles. The molecule has 0 aliphatic rings. The summed E-state index contributed by atoms with van der Waals surface area (Å²) in [7, 11) is 0. The van der Waals surface area contributed by atoms with Crippen molar-refractivity contribution in [2.75, 3.05) is 10.6 Å². The highest BCUT2D eigenvalue weighted by Crippen LogP contribution is 2.21. The van der Waals surface area contributed by atoms with Crippen LogP contribution in [-0.2, 0) is 4.79 Å². The Balaban J connectivity index is 2.11. The van der Waals surface area contributed by atoms with Gasteiger partial charge in [-0.1, -0.05) is 45.7 Å². The van der Waals surface area contributed by atoms with Gasteiger partial charge in [-0.15, -0.1) is 0 Å². The topological polar surface area (TPSA) is 64.9 Å². The molecule has 0 aliphatic heterocycles. The van der Waals surface area contributed by atoms with E-state index in [0.717, 1.165) is 10.2 Å². The highest BCUT2D eigenvalue weighted by molar-refractivity contribution is 9.10. The third-order valence-electron chi connectivity index (χ3n) is 2.69. The number of nitrogens with one attached hydrogen (secondary N) is 2. The van der Waals surface area contributed by atoms with Crippen LogP contribution in [0.3, 0.4) is 0 Å². The van der Waals surface area contributed by atoms with Crippen molar-refractivity contribution in [3.8, 4) is 6.07 Å². The van der Waals surface area contributed by atoms with Crippen molar-refractivity contribution in [2.45, 2.75) is 0 Å². The summed E-state index contributed by atoms with van der Waals surface area (Å²) in [5, 5.41) is 15.0. The maximum Gasteiger partial charge on any atom is 0.267 e. The molecule has 2 aromatic rings. The number of carbonyl (C=O) groups is 1. The van der Waals surface area contributed by atoms with E-state index in [9.17, 15) is 4.79 Å². The Kier molecular flexibility index (Phi) is 5.59. The van der Waals surface area contributed by atoms with Crippen molar-refractivity contribution in [3.05, 3.63) is 69.8 Å². The van der Waals surface area contributed by atoms with Crippen LogP contribution in [0.5, 0.6) is 0 Å². The summed E-state index contributed by atoms with van der Waals surface area (Å²) in [6.07, 6.45) is 1.36. The highest BCUT2D eigenvalue weighted by Gasteiger charge is 2.10. The number of benzene rings is 2. The predicted octanol–water partition coefficient (Wildman–Crippen LogP) is 4.56. The first-order valence-corrected chi connectivity index (χ1v) is 7.45. The van der Waals surface area contributed by atoms with E-state index in [1.807, 2.05) is 30.3 Å². The van der Waals surface area contributed by atoms with E-state index in [1.54, 1.807) is 24.3 Å². The first-order chi connectivity index (χ1) is 10.6. The molecule has 0 fully saturated rings. The largest absolute Gasteiger partial charge is 0.360 e. The quantitative estimate of drug-likeness (QED) is 0.607. The predicted molar refractivity (Wildman–Crippen MR) is 91.5 cm³/mol. The molecule has 22 heavy (non-hydrogen) atoms. The van der Waals surface area contributed by atoms with Crippen LogP contribution >= 0.6 is 27.5 Å². The zero-order valence-corrected chi connectivity index (χ0v) is 13.6. The zero-order chi connectivity index (χ0) is 15.9. The lowest BCUT2D eigenvalue weighted by Crippen LogP contribution is -2.14. The van der Waals surface area contributed by atoms with Crippen LogP contribution in [0.2, 0.25) is 5.02 Å². The normalized spacial score (nSPS) is 10.7. The van der Waals surface area contributed by atoms with Crippen LogP contribution in [-0.4, -0.2) is 5.91 Å². The van der Waals surface area contributed by atoms with E-state index in [2.05, 4.69) is 26.6 Å². The van der Waals surface area contributed by atoms with Crippen molar-refractivity contribution in [1.82, 2.24) is 0 Å². The summed E-state index contributed by atoms with van der Waals surface area (Å²) in [6.45, 7) is 0. The Morgan fingerprint density at radius 1 is 1.23 bits per heavy atom. The van der Waals surface area contributed by atoms with E-state index in [4.69, 9.17) is 16.9 Å². The Labute approximate surface area is 141 Å². The number of nitrogens with zero attached hydrogens (tertiary/aromatic N) is 1. The van der Waals surface area contributed by atoms with Crippen LogP contribution in [0.25, 0.3) is 0 Å². The van der Waals surface area contributed by atoms with E-state index >= 15 is 0 Å². The van der Waals surface area contributed by atoms with Crippen LogP contribution in [0, 0.1) is 11.3 Å². The van der Waals surface area contributed by atoms with Gasteiger partial charge in [0, 0.05) is 16.4 Å². The Morgan fingerprint density at radius 3 is 2.68 bits per heavy atom. The van der Waals surface area contributed by atoms with Crippen molar-refractivity contribution in [2.24, 2.45) is 0 Å². The molecule has 0 spiro atoms. The number of rotatable bonds is 4. The summed E-state index contributed by atoms with van der Waals surface area (Å²) < 4.78 is 0.893. The number of hydrogen-bond donors (Lipinski definition) is 2. The number of nitriles is 1. The van der Waals surface area contributed by atoms with Crippen LogP contribution in [0.15, 0.2) is 64.8 Å². The van der Waals surface area contributed by atoms with Crippen LogP contribution < -0.4 is 10.6 Å². The molecule has 6 heteroatoms. The molecule has 0 saturated carbocycles. The van der Waals surface area contributed by atoms with Crippen molar-refractivity contribution >= 4 is 44.8 Å². The molecule has 0 radical (unpaired) electrons. The van der Waals surface area contributed by atoms with E-state index < -0.39 is 5.91 Å². The third-order valence-corrected chi connectivity index (χ3v) is 3.52. The number of carbonyl (C=O) groups excluding carboxylic acids is 1. The van der Waals surface area contributed by atoms with Gasteiger partial charge in [-0.05, 0) is 30.3 Å². The molecule has 0 heterocycles. The maximum atomic E-state index is 12.1. The van der Waals surface area contributed by atoms with Gasteiger partial charge in [0.1, 0.15) is 11.6 Å². The molecular weight excluding hydrogens is 366 g/mol. The minimum Gasteiger partial charge on any atom is -0.360 e. The average Bonchev–Trinajstić information content (AvgIpc) is 2.50. The molecule has 1 amide bonds. The van der Waals surface area contributed by atoms with E-state index in [0.29, 0.717) is 10.7 Å². The molecular formula is C16H11BrClN3O. The molecule has 4 nitrogen and oxygen atoms in total. The van der Waals surface area contributed by atoms with Crippen LogP contribution in [0.1, 0.15) is 0 Å². The molecule has 0 bridgehead atoms. The standard InChI is InChI=1S/C16H11BrClN3O/c17-12-4-3-5-13(8-12)20-10-11(9-19)16(22)21-15-7-2-1-6-14(15)18/h1-8,10,20H,(H,21,22)/b11-10-. The summed E-state index contributed by atoms with van der Waals surface area (Å²) in [5.41, 5.74) is 1.16. The molecule has 0 saturated heterocycles.